The molecule has 0 spiro atoms. The number of fused-ring (bicyclic) bond motifs is 1. The van der Waals surface area contributed by atoms with Gasteiger partial charge in [0.15, 0.2) is 5.82 Å². The van der Waals surface area contributed by atoms with Crippen LogP contribution in [0.15, 0.2) is 12.4 Å². The van der Waals surface area contributed by atoms with E-state index in [1.807, 2.05) is 32.0 Å². The third-order valence-corrected chi connectivity index (χ3v) is 6.15. The van der Waals surface area contributed by atoms with Gasteiger partial charge >= 0.3 is 0 Å². The molecular formula is C21H32F2N6O2S2. The third-order valence-electron chi connectivity index (χ3n) is 6.15. The second-order valence-electron chi connectivity index (χ2n) is 8.61. The van der Waals surface area contributed by atoms with Crippen LogP contribution < -0.4 is 10.2 Å². The van der Waals surface area contributed by atoms with E-state index < -0.39 is 12.0 Å². The van der Waals surface area contributed by atoms with Crippen LogP contribution in [0.5, 0.6) is 0 Å². The van der Waals surface area contributed by atoms with E-state index in [1.54, 1.807) is 18.0 Å². The number of hydrogen-bond donors (Lipinski definition) is 1. The van der Waals surface area contributed by atoms with Crippen LogP contribution in [0.3, 0.4) is 0 Å². The molecule has 12 heteroatoms. The van der Waals surface area contributed by atoms with E-state index in [0.29, 0.717) is 42.4 Å². The molecular weight excluding hydrogens is 470 g/mol. The summed E-state index contributed by atoms with van der Waals surface area (Å²) in [6.45, 7) is 4.22. The predicted molar refractivity (Wildman–Crippen MR) is 132 cm³/mol. The minimum Gasteiger partial charge on any atom is -0.379 e. The fourth-order valence-electron chi connectivity index (χ4n) is 4.36. The van der Waals surface area contributed by atoms with Crippen molar-refractivity contribution in [3.8, 4) is 0 Å². The molecule has 0 saturated heterocycles. The topological polar surface area (TPSA) is 85.2 Å². The lowest BCUT2D eigenvalue weighted by Crippen LogP contribution is -2.53. The smallest absolute Gasteiger partial charge is 0.249 e. The van der Waals surface area contributed by atoms with Crippen molar-refractivity contribution >= 4 is 44.4 Å². The highest BCUT2D eigenvalue weighted by Gasteiger charge is 2.45. The number of methoxy groups -OCH3 is 1. The molecule has 8 nitrogen and oxygen atoms in total. The van der Waals surface area contributed by atoms with Crippen molar-refractivity contribution in [1.29, 1.82) is 0 Å². The van der Waals surface area contributed by atoms with Crippen molar-refractivity contribution in [2.75, 3.05) is 24.4 Å². The maximum atomic E-state index is 13.0. The van der Waals surface area contributed by atoms with Crippen LogP contribution in [0.1, 0.15) is 36.8 Å². The number of anilines is 2. The number of carbonyl (C=O) groups is 1. The quantitative estimate of drug-likeness (QED) is 0.627. The van der Waals surface area contributed by atoms with E-state index in [2.05, 4.69) is 15.4 Å². The zero-order valence-electron chi connectivity index (χ0n) is 19.2. The second-order valence-corrected chi connectivity index (χ2v) is 8.61. The molecule has 184 valence electrons. The summed E-state index contributed by atoms with van der Waals surface area (Å²) in [5.74, 6) is -1.30. The number of amides is 1. The second kappa shape index (κ2) is 10.6. The molecule has 0 aromatic carbocycles. The summed E-state index contributed by atoms with van der Waals surface area (Å²) in [7, 11) is 3.41. The molecule has 4 rings (SSSR count). The van der Waals surface area contributed by atoms with Gasteiger partial charge in [-0.3, -0.25) is 9.48 Å². The Morgan fingerprint density at radius 1 is 1.27 bits per heavy atom. The largest absolute Gasteiger partial charge is 0.379 e. The maximum Gasteiger partial charge on any atom is 0.249 e. The number of nitrogens with zero attached hydrogens (tertiary/aromatic N) is 5. The minimum absolute atomic E-state index is 0. The Morgan fingerprint density at radius 3 is 2.61 bits per heavy atom. The van der Waals surface area contributed by atoms with Gasteiger partial charge in [0.05, 0.1) is 18.0 Å². The Kier molecular flexibility index (Phi) is 8.74. The van der Waals surface area contributed by atoms with Crippen molar-refractivity contribution in [3.63, 3.8) is 0 Å². The first-order valence-corrected chi connectivity index (χ1v) is 10.5. The fourth-order valence-corrected chi connectivity index (χ4v) is 4.36. The molecule has 33 heavy (non-hydrogen) atoms. The van der Waals surface area contributed by atoms with Gasteiger partial charge in [-0.25, -0.2) is 18.7 Å². The van der Waals surface area contributed by atoms with Crippen LogP contribution in [-0.2, 0) is 28.9 Å². The first-order chi connectivity index (χ1) is 14.7. The van der Waals surface area contributed by atoms with Gasteiger partial charge in [0.25, 0.3) is 0 Å². The molecule has 1 aliphatic heterocycles. The molecule has 1 amide bonds. The number of aryl methyl sites for hydroxylation is 3. The number of carbonyl (C=O) groups excluding carboxylic acids is 1. The van der Waals surface area contributed by atoms with Crippen LogP contribution in [0.2, 0.25) is 0 Å². The van der Waals surface area contributed by atoms with Gasteiger partial charge in [0.2, 0.25) is 11.8 Å². The molecule has 2 aliphatic rings. The number of halogens is 2. The highest BCUT2D eigenvalue weighted by atomic mass is 32.1. The standard InChI is InChI=1S/C21H28F2N6O2.2H2S/c1-12-17-19(28(3)18(13(2)31-4)20(30)27-17)26-16(25-12)6-5-14-9-24-29(10-14)11-15-7-21(22,23)8-15;;/h9-10,13,15,18H,5-8,11H2,1-4H3,(H,27,30);2*1H2/t13-,18-;;/m0../s1. The molecule has 1 fully saturated rings. The molecule has 2 aromatic rings. The van der Waals surface area contributed by atoms with Crippen LogP contribution in [0.4, 0.5) is 20.3 Å². The van der Waals surface area contributed by atoms with Crippen LogP contribution in [0, 0.1) is 12.8 Å². The highest BCUT2D eigenvalue weighted by Crippen LogP contribution is 2.43. The van der Waals surface area contributed by atoms with E-state index in [1.165, 1.54) is 0 Å². The van der Waals surface area contributed by atoms with E-state index in [-0.39, 0.29) is 57.8 Å². The number of hydrogen-bond acceptors (Lipinski definition) is 6. The van der Waals surface area contributed by atoms with Gasteiger partial charge in [-0.15, -0.1) is 0 Å². The van der Waals surface area contributed by atoms with Gasteiger partial charge in [-0.2, -0.15) is 32.1 Å². The van der Waals surface area contributed by atoms with Crippen molar-refractivity contribution < 1.29 is 18.3 Å². The average molecular weight is 503 g/mol. The molecule has 1 saturated carbocycles. The van der Waals surface area contributed by atoms with Crippen molar-refractivity contribution in [2.45, 2.75) is 64.1 Å². The highest BCUT2D eigenvalue weighted by molar-refractivity contribution is 7.59. The Bertz CT molecular complexity index is 982. The summed E-state index contributed by atoms with van der Waals surface area (Å²) in [4.78, 5) is 23.6. The Balaban J connectivity index is 0.00000193. The molecule has 0 bridgehead atoms. The number of ether oxygens (including phenoxy) is 1. The molecule has 3 heterocycles. The number of nitrogens with one attached hydrogen (secondary N) is 1. The molecule has 0 radical (unpaired) electrons. The van der Waals surface area contributed by atoms with Crippen molar-refractivity contribution in [1.82, 2.24) is 19.7 Å². The number of alkyl halides is 2. The monoisotopic (exact) mass is 502 g/mol. The van der Waals surface area contributed by atoms with Crippen molar-refractivity contribution in [2.24, 2.45) is 5.92 Å². The molecule has 1 N–H and O–H groups in total. The SMILES string of the molecule is CO[C@@H](C)[C@H]1C(=O)Nc2c(C)nc(CCc3cnn(CC4CC(F)(F)C4)c3)nc2N1C.S.S. The number of likely N-dealkylation sites (N-methyl/N-ethyl adjacent to an activating group) is 1. The van der Waals surface area contributed by atoms with Crippen LogP contribution in [-0.4, -0.2) is 57.9 Å². The van der Waals surface area contributed by atoms with Gasteiger partial charge < -0.3 is 15.0 Å². The number of aromatic nitrogens is 4. The predicted octanol–water partition coefficient (Wildman–Crippen LogP) is 2.83. The summed E-state index contributed by atoms with van der Waals surface area (Å²) in [5, 5.41) is 7.22. The summed E-state index contributed by atoms with van der Waals surface area (Å²) in [6.07, 6.45) is 4.56. The normalized spacial score (nSPS) is 20.1. The zero-order chi connectivity index (χ0) is 22.3. The zero-order valence-corrected chi connectivity index (χ0v) is 21.2. The summed E-state index contributed by atoms with van der Waals surface area (Å²) < 4.78 is 33.1. The van der Waals surface area contributed by atoms with Crippen LogP contribution in [0.25, 0.3) is 0 Å². The molecule has 1 aliphatic carbocycles. The fraction of sp³-hybridized carbons (Fsp3) is 0.619. The number of rotatable bonds is 7. The lowest BCUT2D eigenvalue weighted by molar-refractivity contribution is -0.120. The summed E-state index contributed by atoms with van der Waals surface area (Å²) >= 11 is 0. The minimum atomic E-state index is -2.50. The first-order valence-electron chi connectivity index (χ1n) is 10.5. The van der Waals surface area contributed by atoms with Crippen molar-refractivity contribution in [3.05, 3.63) is 29.5 Å². The first kappa shape index (κ1) is 27.3. The molecule has 0 unspecified atom stereocenters. The van der Waals surface area contributed by atoms with E-state index in [0.717, 1.165) is 5.56 Å². The van der Waals surface area contributed by atoms with Crippen LogP contribution >= 0.6 is 27.0 Å². The molecule has 2 atom stereocenters. The van der Waals surface area contributed by atoms with E-state index >= 15 is 0 Å². The lowest BCUT2D eigenvalue weighted by atomic mass is 9.81. The van der Waals surface area contributed by atoms with Gasteiger partial charge in [-0.05, 0) is 31.7 Å². The molecule has 2 aromatic heterocycles. The summed E-state index contributed by atoms with van der Waals surface area (Å²) in [5.41, 5.74) is 2.35. The third kappa shape index (κ3) is 5.78. The van der Waals surface area contributed by atoms with Gasteiger partial charge in [0.1, 0.15) is 17.6 Å². The maximum absolute atomic E-state index is 13.0. The van der Waals surface area contributed by atoms with E-state index in [4.69, 9.17) is 9.72 Å². The van der Waals surface area contributed by atoms with Gasteiger partial charge in [-0.1, -0.05) is 0 Å². The average Bonchev–Trinajstić information content (AvgIpc) is 3.13. The van der Waals surface area contributed by atoms with E-state index in [9.17, 15) is 13.6 Å². The Hall–Kier alpha value is -1.92. The lowest BCUT2D eigenvalue weighted by Gasteiger charge is -2.37. The van der Waals surface area contributed by atoms with Gasteiger partial charge in [0, 0.05) is 46.2 Å². The Morgan fingerprint density at radius 2 is 1.97 bits per heavy atom. The summed E-state index contributed by atoms with van der Waals surface area (Å²) in [6, 6.07) is -0.475. The Labute approximate surface area is 206 Å².